The molecular formula is C22H30ClN5O. The minimum absolute atomic E-state index is 0.0485. The highest BCUT2D eigenvalue weighted by Gasteiger charge is 2.26. The maximum absolute atomic E-state index is 6.29. The number of hydrogen-bond acceptors (Lipinski definition) is 4. The second-order valence-electron chi connectivity index (χ2n) is 7.92. The van der Waals surface area contributed by atoms with Crippen LogP contribution >= 0.6 is 11.6 Å². The number of guanidine groups is 1. The van der Waals surface area contributed by atoms with Gasteiger partial charge >= 0.3 is 0 Å². The second-order valence-corrected chi connectivity index (χ2v) is 8.33. The molecular weight excluding hydrogens is 386 g/mol. The second kappa shape index (κ2) is 9.35. The first kappa shape index (κ1) is 21.2. The van der Waals surface area contributed by atoms with Gasteiger partial charge < -0.3 is 20.3 Å². The molecule has 1 aromatic heterocycles. The third-order valence-corrected chi connectivity index (χ3v) is 5.66. The summed E-state index contributed by atoms with van der Waals surface area (Å²) >= 11 is 6.29. The van der Waals surface area contributed by atoms with Gasteiger partial charge in [0.2, 0.25) is 0 Å². The van der Waals surface area contributed by atoms with E-state index in [1.165, 1.54) is 5.56 Å². The van der Waals surface area contributed by atoms with E-state index >= 15 is 0 Å². The lowest BCUT2D eigenvalue weighted by molar-refractivity contribution is 0.414. The number of pyridine rings is 1. The van der Waals surface area contributed by atoms with Crippen LogP contribution in [0.2, 0.25) is 5.02 Å². The van der Waals surface area contributed by atoms with Crippen LogP contribution in [0.3, 0.4) is 0 Å². The Bertz CT molecular complexity index is 837. The molecule has 29 heavy (non-hydrogen) atoms. The summed E-state index contributed by atoms with van der Waals surface area (Å²) < 4.78 is 5.26. The van der Waals surface area contributed by atoms with Crippen LogP contribution in [0.25, 0.3) is 0 Å². The molecule has 7 heteroatoms. The average molecular weight is 416 g/mol. The van der Waals surface area contributed by atoms with Crippen LogP contribution in [0.1, 0.15) is 25.8 Å². The van der Waals surface area contributed by atoms with Crippen LogP contribution in [0.15, 0.2) is 47.6 Å². The van der Waals surface area contributed by atoms with E-state index < -0.39 is 0 Å². The van der Waals surface area contributed by atoms with Crippen molar-refractivity contribution in [3.63, 3.8) is 0 Å². The first-order valence-electron chi connectivity index (χ1n) is 9.90. The van der Waals surface area contributed by atoms with Crippen LogP contribution in [-0.2, 0) is 5.41 Å². The smallest absolute Gasteiger partial charge is 0.191 e. The zero-order chi connectivity index (χ0) is 20.9. The van der Waals surface area contributed by atoms with E-state index in [1.54, 1.807) is 20.4 Å². The van der Waals surface area contributed by atoms with Crippen LogP contribution in [0.4, 0.5) is 5.82 Å². The van der Waals surface area contributed by atoms with Gasteiger partial charge in [0.05, 0.1) is 12.1 Å². The lowest BCUT2D eigenvalue weighted by Crippen LogP contribution is -2.47. The van der Waals surface area contributed by atoms with Crippen molar-refractivity contribution in [3.05, 3.63) is 53.2 Å². The minimum atomic E-state index is -0.0485. The van der Waals surface area contributed by atoms with E-state index in [1.807, 2.05) is 24.3 Å². The van der Waals surface area contributed by atoms with Gasteiger partial charge in [0.1, 0.15) is 11.6 Å². The summed E-state index contributed by atoms with van der Waals surface area (Å²) in [4.78, 5) is 11.0. The zero-order valence-corrected chi connectivity index (χ0v) is 18.3. The van der Waals surface area contributed by atoms with E-state index in [9.17, 15) is 0 Å². The fourth-order valence-corrected chi connectivity index (χ4v) is 3.76. The molecule has 1 aliphatic heterocycles. The minimum Gasteiger partial charge on any atom is -0.497 e. The summed E-state index contributed by atoms with van der Waals surface area (Å²) in [6.45, 7) is 6.97. The molecule has 156 valence electrons. The first-order chi connectivity index (χ1) is 13.9. The van der Waals surface area contributed by atoms with Crippen LogP contribution in [-0.4, -0.2) is 50.8 Å². The van der Waals surface area contributed by atoms with Crippen molar-refractivity contribution in [2.24, 2.45) is 4.99 Å². The van der Waals surface area contributed by atoms with Crippen molar-refractivity contribution >= 4 is 23.4 Å². The van der Waals surface area contributed by atoms with E-state index in [0.717, 1.165) is 43.6 Å². The number of anilines is 1. The highest BCUT2D eigenvalue weighted by Crippen LogP contribution is 2.26. The summed E-state index contributed by atoms with van der Waals surface area (Å²) in [5, 5.41) is 7.70. The molecule has 1 unspecified atom stereocenters. The van der Waals surface area contributed by atoms with E-state index in [4.69, 9.17) is 16.3 Å². The van der Waals surface area contributed by atoms with Gasteiger partial charge in [-0.1, -0.05) is 37.6 Å². The monoisotopic (exact) mass is 415 g/mol. The van der Waals surface area contributed by atoms with Crippen molar-refractivity contribution in [2.45, 2.75) is 31.7 Å². The molecule has 0 saturated carbocycles. The Hall–Kier alpha value is -2.47. The van der Waals surface area contributed by atoms with Crippen molar-refractivity contribution in [1.82, 2.24) is 15.6 Å². The topological polar surface area (TPSA) is 61.8 Å². The number of methoxy groups -OCH3 is 1. The van der Waals surface area contributed by atoms with Gasteiger partial charge in [-0.05, 0) is 36.2 Å². The lowest BCUT2D eigenvalue weighted by atomic mass is 9.84. The number of nitrogens with one attached hydrogen (secondary N) is 2. The number of aliphatic imine (C=N–C) groups is 1. The normalized spacial score (nSPS) is 17.3. The third-order valence-electron chi connectivity index (χ3n) is 5.36. The number of rotatable bonds is 6. The van der Waals surface area contributed by atoms with Gasteiger partial charge in [0.15, 0.2) is 5.96 Å². The Morgan fingerprint density at radius 1 is 1.31 bits per heavy atom. The quantitative estimate of drug-likeness (QED) is 0.558. The summed E-state index contributed by atoms with van der Waals surface area (Å²) in [6, 6.07) is 12.3. The molecule has 1 aromatic carbocycles. The predicted octanol–water partition coefficient (Wildman–Crippen LogP) is 3.47. The summed E-state index contributed by atoms with van der Waals surface area (Å²) in [5.41, 5.74) is 1.20. The Kier molecular flexibility index (Phi) is 6.85. The van der Waals surface area contributed by atoms with E-state index in [2.05, 4.69) is 51.5 Å². The van der Waals surface area contributed by atoms with E-state index in [0.29, 0.717) is 11.1 Å². The van der Waals surface area contributed by atoms with Gasteiger partial charge in [-0.25, -0.2) is 4.98 Å². The fraction of sp³-hybridized carbons (Fsp3) is 0.455. The Morgan fingerprint density at radius 3 is 2.72 bits per heavy atom. The summed E-state index contributed by atoms with van der Waals surface area (Å²) in [5.74, 6) is 2.53. The van der Waals surface area contributed by atoms with Gasteiger partial charge in [0.25, 0.3) is 0 Å². The molecule has 0 bridgehead atoms. The molecule has 1 atom stereocenters. The third kappa shape index (κ3) is 5.32. The maximum Gasteiger partial charge on any atom is 0.191 e. The number of aromatic nitrogens is 1. The van der Waals surface area contributed by atoms with Crippen molar-refractivity contribution < 1.29 is 4.74 Å². The number of benzene rings is 1. The van der Waals surface area contributed by atoms with Gasteiger partial charge in [-0.15, -0.1) is 0 Å². The molecule has 1 aliphatic rings. The van der Waals surface area contributed by atoms with E-state index in [-0.39, 0.29) is 5.41 Å². The largest absolute Gasteiger partial charge is 0.497 e. The highest BCUT2D eigenvalue weighted by atomic mass is 35.5. The summed E-state index contributed by atoms with van der Waals surface area (Å²) in [7, 11) is 3.49. The van der Waals surface area contributed by atoms with Gasteiger partial charge in [0, 0.05) is 44.3 Å². The average Bonchev–Trinajstić information content (AvgIpc) is 3.19. The van der Waals surface area contributed by atoms with Gasteiger partial charge in [-0.2, -0.15) is 0 Å². The number of ether oxygens (including phenoxy) is 1. The molecule has 6 nitrogen and oxygen atoms in total. The lowest BCUT2D eigenvalue weighted by Gasteiger charge is -2.28. The molecule has 0 radical (unpaired) electrons. The highest BCUT2D eigenvalue weighted by molar-refractivity contribution is 6.32. The molecule has 1 fully saturated rings. The predicted molar refractivity (Wildman–Crippen MR) is 120 cm³/mol. The molecule has 3 rings (SSSR count). The molecule has 0 amide bonds. The number of nitrogens with zero attached hydrogens (tertiary/aromatic N) is 3. The van der Waals surface area contributed by atoms with Gasteiger partial charge in [-0.3, -0.25) is 4.99 Å². The van der Waals surface area contributed by atoms with Crippen molar-refractivity contribution in [1.29, 1.82) is 0 Å². The van der Waals surface area contributed by atoms with Crippen LogP contribution in [0.5, 0.6) is 5.75 Å². The standard InChI is InChI=1S/C22H30ClN5O/c1-22(2,16-7-9-18(29-4)10-8-16)15-26-21(24-3)27-17-11-13-28(14-17)20-19(23)6-5-12-25-20/h5-10,12,17H,11,13-15H2,1-4H3,(H2,24,26,27). The zero-order valence-electron chi connectivity index (χ0n) is 17.6. The fourth-order valence-electron chi connectivity index (χ4n) is 3.52. The number of halogens is 1. The molecule has 0 spiro atoms. The number of hydrogen-bond donors (Lipinski definition) is 2. The van der Waals surface area contributed by atoms with Crippen LogP contribution in [0, 0.1) is 0 Å². The molecule has 1 saturated heterocycles. The molecule has 2 aromatic rings. The Morgan fingerprint density at radius 2 is 2.07 bits per heavy atom. The SMILES string of the molecule is CN=C(NCC(C)(C)c1ccc(OC)cc1)NC1CCN(c2ncccc2Cl)C1. The molecule has 2 heterocycles. The molecule has 0 aliphatic carbocycles. The first-order valence-corrected chi connectivity index (χ1v) is 10.3. The molecule has 2 N–H and O–H groups in total. The Balaban J connectivity index is 1.55. The summed E-state index contributed by atoms with van der Waals surface area (Å²) in [6.07, 6.45) is 2.79. The maximum atomic E-state index is 6.29. The van der Waals surface area contributed by atoms with Crippen molar-refractivity contribution in [3.8, 4) is 5.75 Å². The Labute approximate surface area is 178 Å². The van der Waals surface area contributed by atoms with Crippen LogP contribution < -0.4 is 20.3 Å². The van der Waals surface area contributed by atoms with Crippen molar-refractivity contribution in [2.75, 3.05) is 38.7 Å².